The first kappa shape index (κ1) is 11.8. The molecule has 0 aliphatic carbocycles. The molecule has 1 nitrogen and oxygen atoms in total. The summed E-state index contributed by atoms with van der Waals surface area (Å²) < 4.78 is 3.96. The zero-order valence-corrected chi connectivity index (χ0v) is 10.9. The highest BCUT2D eigenvalue weighted by molar-refractivity contribution is 8.26. The summed E-state index contributed by atoms with van der Waals surface area (Å²) in [4.78, 5) is 0. The van der Waals surface area contributed by atoms with E-state index in [1.807, 2.05) is 24.3 Å². The van der Waals surface area contributed by atoms with E-state index in [9.17, 15) is 0 Å². The normalized spacial score (nSPS) is 11.4. The monoisotopic (exact) mass is 273 g/mol. The molecule has 0 N–H and O–H groups in total. The van der Waals surface area contributed by atoms with Gasteiger partial charge in [0.05, 0.1) is 6.54 Å². The number of hydrogen-bond acceptors (Lipinski definition) is 1. The molecule has 0 bridgehead atoms. The lowest BCUT2D eigenvalue weighted by molar-refractivity contribution is 1.09. The van der Waals surface area contributed by atoms with Crippen molar-refractivity contribution in [1.82, 2.24) is 0 Å². The van der Waals surface area contributed by atoms with Gasteiger partial charge in [-0.15, -0.1) is 9.24 Å². The average molecular weight is 274 g/mol. The van der Waals surface area contributed by atoms with E-state index in [2.05, 4.69) is 14.0 Å². The van der Waals surface area contributed by atoms with Crippen molar-refractivity contribution in [3.05, 3.63) is 29.8 Å². The maximum Gasteiger partial charge on any atom is 0.224 e. The number of halogens is 3. The summed E-state index contributed by atoms with van der Waals surface area (Å²) in [5.74, 6) is 0. The molecule has 0 spiro atoms. The second-order valence-electron chi connectivity index (χ2n) is 2.46. The van der Waals surface area contributed by atoms with Crippen LogP contribution in [0.15, 0.2) is 29.0 Å². The van der Waals surface area contributed by atoms with Crippen molar-refractivity contribution >= 4 is 53.4 Å². The third-order valence-corrected chi connectivity index (χ3v) is 3.20. The highest BCUT2D eigenvalue weighted by atomic mass is 36.0. The van der Waals surface area contributed by atoms with Crippen LogP contribution in [-0.2, 0) is 6.54 Å². The number of hydrogen-bond donors (Lipinski definition) is 0. The van der Waals surface area contributed by atoms with Crippen LogP contribution in [0.5, 0.6) is 0 Å². The molecule has 0 radical (unpaired) electrons. The van der Waals surface area contributed by atoms with Crippen molar-refractivity contribution in [2.45, 2.75) is 6.54 Å². The highest BCUT2D eigenvalue weighted by Gasteiger charge is 2.03. The second kappa shape index (κ2) is 5.01. The van der Waals surface area contributed by atoms with Gasteiger partial charge in [-0.2, -0.15) is 0 Å². The first-order valence-corrected chi connectivity index (χ1v) is 8.52. The van der Waals surface area contributed by atoms with Crippen molar-refractivity contribution in [3.63, 3.8) is 0 Å². The van der Waals surface area contributed by atoms with Gasteiger partial charge in [-0.1, -0.05) is 24.3 Å². The Kier molecular flexibility index (Phi) is 4.55. The van der Waals surface area contributed by atoms with E-state index in [0.717, 1.165) is 10.9 Å². The smallest absolute Gasteiger partial charge is 0.224 e. The Hall–Kier alpha value is 0.750. The van der Waals surface area contributed by atoms with Gasteiger partial charge in [0.15, 0.2) is 0 Å². The minimum absolute atomic E-state index is 0.467. The highest BCUT2D eigenvalue weighted by Crippen LogP contribution is 2.65. The van der Waals surface area contributed by atoms with E-state index in [0.29, 0.717) is 6.54 Å². The maximum atomic E-state index is 5.59. The molecular weight excluding hydrogens is 266 g/mol. The van der Waals surface area contributed by atoms with Gasteiger partial charge in [-0.3, -0.25) is 4.74 Å². The summed E-state index contributed by atoms with van der Waals surface area (Å²) in [6.07, 6.45) is 0. The van der Waals surface area contributed by atoms with Gasteiger partial charge in [-0.05, 0) is 44.6 Å². The molecule has 6 heteroatoms. The van der Waals surface area contributed by atoms with E-state index in [4.69, 9.17) is 33.7 Å². The third-order valence-electron chi connectivity index (χ3n) is 1.39. The molecule has 1 unspecified atom stereocenters. The Labute approximate surface area is 94.4 Å². The van der Waals surface area contributed by atoms with Crippen molar-refractivity contribution in [2.75, 3.05) is 0 Å². The zero-order valence-electron chi connectivity index (χ0n) is 6.62. The molecule has 0 aromatic heterocycles. The summed E-state index contributed by atoms with van der Waals surface area (Å²) in [5, 5.41) is -1.42. The molecule has 72 valence electrons. The quantitative estimate of drug-likeness (QED) is 0.711. The van der Waals surface area contributed by atoms with Crippen molar-refractivity contribution in [1.29, 1.82) is 0 Å². The van der Waals surface area contributed by atoms with Gasteiger partial charge in [0.25, 0.3) is 0 Å². The topological polar surface area (TPSA) is 12.4 Å². The summed E-state index contributed by atoms with van der Waals surface area (Å²) in [6.45, 7) is 0.467. The lowest BCUT2D eigenvalue weighted by Gasteiger charge is -2.00. The van der Waals surface area contributed by atoms with Crippen LogP contribution in [0.4, 0.5) is 0 Å². The minimum Gasteiger partial charge on any atom is -0.256 e. The molecule has 1 aromatic rings. The van der Waals surface area contributed by atoms with Crippen LogP contribution in [0.3, 0.4) is 0 Å². The fraction of sp³-hybridized carbons (Fsp3) is 0.143. The lowest BCUT2D eigenvalue weighted by atomic mass is 10.2. The first-order valence-electron chi connectivity index (χ1n) is 3.49. The van der Waals surface area contributed by atoms with Gasteiger partial charge in [0, 0.05) is 0 Å². The molecule has 0 aliphatic heterocycles. The van der Waals surface area contributed by atoms with Crippen molar-refractivity contribution in [3.8, 4) is 0 Å². The van der Waals surface area contributed by atoms with Crippen LogP contribution in [0.1, 0.15) is 5.56 Å². The lowest BCUT2D eigenvalue weighted by Crippen LogP contribution is -1.89. The van der Waals surface area contributed by atoms with E-state index in [1.165, 1.54) is 0 Å². The SMILES string of the molecule is Pc1ccc(CN=P(Cl)(Cl)Cl)cc1. The molecule has 13 heavy (non-hydrogen) atoms. The van der Waals surface area contributed by atoms with Crippen LogP contribution in [0.25, 0.3) is 0 Å². The number of nitrogens with zero attached hydrogens (tertiary/aromatic N) is 1. The van der Waals surface area contributed by atoms with E-state index in [1.54, 1.807) is 0 Å². The molecule has 1 aromatic carbocycles. The fourth-order valence-corrected chi connectivity index (χ4v) is 1.78. The Bertz CT molecular complexity index is 322. The van der Waals surface area contributed by atoms with Gasteiger partial charge in [0.1, 0.15) is 0 Å². The summed E-state index contributed by atoms with van der Waals surface area (Å²) in [7, 11) is 2.61. The van der Waals surface area contributed by atoms with Crippen LogP contribution in [0.2, 0.25) is 0 Å². The van der Waals surface area contributed by atoms with Gasteiger partial charge in [0.2, 0.25) is 5.11 Å². The number of rotatable bonds is 2. The molecule has 0 heterocycles. The third kappa shape index (κ3) is 5.25. The first-order chi connectivity index (χ1) is 5.97. The molecule has 0 amide bonds. The predicted molar refractivity (Wildman–Crippen MR) is 66.4 cm³/mol. The van der Waals surface area contributed by atoms with Crippen LogP contribution >= 0.6 is 48.1 Å². The molecule has 0 fully saturated rings. The molecular formula is C7H8Cl3NP2. The molecule has 1 atom stereocenters. The second-order valence-corrected chi connectivity index (χ2v) is 10.2. The Morgan fingerprint density at radius 1 is 1.15 bits per heavy atom. The maximum absolute atomic E-state index is 5.59. The van der Waals surface area contributed by atoms with Crippen LogP contribution in [-0.4, -0.2) is 0 Å². The van der Waals surface area contributed by atoms with Crippen molar-refractivity contribution in [2.24, 2.45) is 4.74 Å². The van der Waals surface area contributed by atoms with E-state index >= 15 is 0 Å². The molecule has 0 aliphatic rings. The summed E-state index contributed by atoms with van der Waals surface area (Å²) in [5.41, 5.74) is 1.05. The molecule has 1 rings (SSSR count). The Morgan fingerprint density at radius 2 is 1.69 bits per heavy atom. The standard InChI is InChI=1S/C7H8Cl3NP2/c8-13(9,10)11-5-6-1-3-7(12)4-2-6/h1-4H,5,12H2. The van der Waals surface area contributed by atoms with Crippen LogP contribution in [0, 0.1) is 0 Å². The molecule has 0 saturated heterocycles. The Morgan fingerprint density at radius 3 is 2.15 bits per heavy atom. The van der Waals surface area contributed by atoms with Crippen molar-refractivity contribution < 1.29 is 0 Å². The van der Waals surface area contributed by atoms with E-state index in [-0.39, 0.29) is 0 Å². The summed E-state index contributed by atoms with van der Waals surface area (Å²) in [6, 6.07) is 7.89. The zero-order chi connectivity index (χ0) is 9.90. The van der Waals surface area contributed by atoms with Gasteiger partial charge >= 0.3 is 0 Å². The minimum atomic E-state index is -2.56. The van der Waals surface area contributed by atoms with Crippen LogP contribution < -0.4 is 5.30 Å². The largest absolute Gasteiger partial charge is 0.256 e. The van der Waals surface area contributed by atoms with E-state index < -0.39 is 5.11 Å². The average Bonchev–Trinajstić information content (AvgIpc) is 2.02. The van der Waals surface area contributed by atoms with Gasteiger partial charge < -0.3 is 0 Å². The summed E-state index contributed by atoms with van der Waals surface area (Å²) >= 11 is 16.8. The molecule has 0 saturated carbocycles. The predicted octanol–water partition coefficient (Wildman–Crippen LogP) is 4.35. The number of benzene rings is 1. The van der Waals surface area contributed by atoms with Gasteiger partial charge in [-0.25, -0.2) is 0 Å². The fourth-order valence-electron chi connectivity index (χ4n) is 0.785. The Balaban J connectivity index is 2.71.